The molecule has 1 N–H and O–H groups in total. The fourth-order valence-electron chi connectivity index (χ4n) is 1.81. The van der Waals surface area contributed by atoms with E-state index in [0.29, 0.717) is 5.92 Å². The van der Waals surface area contributed by atoms with E-state index >= 15 is 0 Å². The minimum Gasteiger partial charge on any atom is -0.357 e. The maximum atomic E-state index is 6.34. The van der Waals surface area contributed by atoms with Crippen LogP contribution in [-0.2, 0) is 6.54 Å². The van der Waals surface area contributed by atoms with Gasteiger partial charge in [-0.25, -0.2) is 4.98 Å². The van der Waals surface area contributed by atoms with Gasteiger partial charge in [0.05, 0.1) is 5.02 Å². The second-order valence-electron chi connectivity index (χ2n) is 5.90. The monoisotopic (exact) mass is 298 g/mol. The molecule has 0 radical (unpaired) electrons. The summed E-state index contributed by atoms with van der Waals surface area (Å²) in [5.41, 5.74) is 1.13. The van der Waals surface area contributed by atoms with Crippen LogP contribution in [0, 0.1) is 5.92 Å². The fraction of sp³-hybridized carbons (Fsp3) is 0.667. The quantitative estimate of drug-likeness (QED) is 0.799. The molecule has 0 aliphatic rings. The molecule has 0 aromatic carbocycles. The standard InChI is InChI=1S/C15H27ClN4/c1-12(2)9-17-10-13-8-14(16)15(18-11-13)20(5)7-6-19(3)4/h8,11-12,17H,6-7,9-10H2,1-5H3. The molecule has 1 heterocycles. The van der Waals surface area contributed by atoms with Crippen LogP contribution in [0.3, 0.4) is 0 Å². The molecular weight excluding hydrogens is 272 g/mol. The molecular formula is C15H27ClN4. The van der Waals surface area contributed by atoms with Gasteiger partial charge in [0.25, 0.3) is 0 Å². The van der Waals surface area contributed by atoms with Crippen molar-refractivity contribution < 1.29 is 0 Å². The van der Waals surface area contributed by atoms with Crippen LogP contribution < -0.4 is 10.2 Å². The molecule has 0 bridgehead atoms. The van der Waals surface area contributed by atoms with Crippen LogP contribution in [0.1, 0.15) is 19.4 Å². The summed E-state index contributed by atoms with van der Waals surface area (Å²) in [5.74, 6) is 1.50. The number of pyridine rings is 1. The Hall–Kier alpha value is -0.840. The van der Waals surface area contributed by atoms with Gasteiger partial charge in [0.2, 0.25) is 0 Å². The average molecular weight is 299 g/mol. The molecule has 0 atom stereocenters. The van der Waals surface area contributed by atoms with Crippen molar-refractivity contribution >= 4 is 17.4 Å². The van der Waals surface area contributed by atoms with Crippen molar-refractivity contribution in [3.63, 3.8) is 0 Å². The van der Waals surface area contributed by atoms with Gasteiger partial charge in [-0.15, -0.1) is 0 Å². The fourth-order valence-corrected chi connectivity index (χ4v) is 2.14. The first kappa shape index (κ1) is 17.2. The van der Waals surface area contributed by atoms with Gasteiger partial charge in [-0.3, -0.25) is 0 Å². The van der Waals surface area contributed by atoms with Crippen LogP contribution in [0.4, 0.5) is 5.82 Å². The van der Waals surface area contributed by atoms with Crippen LogP contribution in [-0.4, -0.2) is 50.7 Å². The van der Waals surface area contributed by atoms with Gasteiger partial charge >= 0.3 is 0 Å². The minimum absolute atomic E-state index is 0.648. The molecule has 20 heavy (non-hydrogen) atoms. The Kier molecular flexibility index (Phi) is 7.27. The first-order chi connectivity index (χ1) is 9.40. The highest BCUT2D eigenvalue weighted by Crippen LogP contribution is 2.23. The largest absolute Gasteiger partial charge is 0.357 e. The summed E-state index contributed by atoms with van der Waals surface area (Å²) in [6.45, 7) is 8.09. The van der Waals surface area contributed by atoms with Crippen LogP contribution in [0.5, 0.6) is 0 Å². The number of hydrogen-bond donors (Lipinski definition) is 1. The van der Waals surface area contributed by atoms with E-state index in [4.69, 9.17) is 11.6 Å². The molecule has 0 amide bonds. The molecule has 0 aliphatic heterocycles. The normalized spacial score (nSPS) is 11.4. The van der Waals surface area contributed by atoms with Crippen molar-refractivity contribution in [2.24, 2.45) is 5.92 Å². The second kappa shape index (κ2) is 8.45. The van der Waals surface area contributed by atoms with Gasteiger partial charge in [-0.05, 0) is 38.2 Å². The summed E-state index contributed by atoms with van der Waals surface area (Å²) in [6.07, 6.45) is 1.90. The maximum absolute atomic E-state index is 6.34. The zero-order valence-electron chi connectivity index (χ0n) is 13.3. The SMILES string of the molecule is CC(C)CNCc1cnc(N(C)CCN(C)C)c(Cl)c1. The highest BCUT2D eigenvalue weighted by Gasteiger charge is 2.09. The van der Waals surface area contributed by atoms with Crippen LogP contribution >= 0.6 is 11.6 Å². The number of halogens is 1. The van der Waals surface area contributed by atoms with Crippen LogP contribution in [0.15, 0.2) is 12.3 Å². The van der Waals surface area contributed by atoms with Gasteiger partial charge in [0.1, 0.15) is 5.82 Å². The number of hydrogen-bond acceptors (Lipinski definition) is 4. The number of aromatic nitrogens is 1. The molecule has 1 aromatic heterocycles. The maximum Gasteiger partial charge on any atom is 0.147 e. The number of nitrogens with zero attached hydrogens (tertiary/aromatic N) is 3. The summed E-state index contributed by atoms with van der Waals surface area (Å²) in [5, 5.41) is 4.12. The molecule has 1 rings (SSSR count). The second-order valence-corrected chi connectivity index (χ2v) is 6.31. The highest BCUT2D eigenvalue weighted by atomic mass is 35.5. The van der Waals surface area contributed by atoms with E-state index < -0.39 is 0 Å². The van der Waals surface area contributed by atoms with E-state index in [2.05, 4.69) is 48.0 Å². The van der Waals surface area contributed by atoms with Gasteiger partial charge in [-0.1, -0.05) is 25.4 Å². The topological polar surface area (TPSA) is 31.4 Å². The smallest absolute Gasteiger partial charge is 0.147 e. The number of likely N-dealkylation sites (N-methyl/N-ethyl adjacent to an activating group) is 2. The van der Waals surface area contributed by atoms with Gasteiger partial charge in [-0.2, -0.15) is 0 Å². The highest BCUT2D eigenvalue weighted by molar-refractivity contribution is 6.33. The first-order valence-electron chi connectivity index (χ1n) is 7.11. The molecule has 1 aromatic rings. The van der Waals surface area contributed by atoms with E-state index in [9.17, 15) is 0 Å². The molecule has 0 spiro atoms. The van der Waals surface area contributed by atoms with Gasteiger partial charge in [0.15, 0.2) is 0 Å². The lowest BCUT2D eigenvalue weighted by Crippen LogP contribution is -2.29. The Bertz CT molecular complexity index is 407. The van der Waals surface area contributed by atoms with E-state index in [-0.39, 0.29) is 0 Å². The Morgan fingerprint density at radius 1 is 1.25 bits per heavy atom. The Morgan fingerprint density at radius 3 is 2.50 bits per heavy atom. The predicted octanol–water partition coefficient (Wildman–Crippen LogP) is 2.48. The van der Waals surface area contributed by atoms with E-state index in [1.807, 2.05) is 19.3 Å². The summed E-state index contributed by atoms with van der Waals surface area (Å²) >= 11 is 6.34. The Labute approximate surface area is 128 Å². The minimum atomic E-state index is 0.648. The third-order valence-corrected chi connectivity index (χ3v) is 3.28. The Balaban J connectivity index is 2.58. The van der Waals surface area contributed by atoms with Crippen molar-refractivity contribution in [3.05, 3.63) is 22.8 Å². The van der Waals surface area contributed by atoms with Crippen LogP contribution in [0.25, 0.3) is 0 Å². The molecule has 0 saturated heterocycles. The summed E-state index contributed by atoms with van der Waals surface area (Å²) in [7, 11) is 6.15. The lowest BCUT2D eigenvalue weighted by Gasteiger charge is -2.21. The van der Waals surface area contributed by atoms with Crippen molar-refractivity contribution in [3.8, 4) is 0 Å². The van der Waals surface area contributed by atoms with Crippen molar-refractivity contribution in [2.45, 2.75) is 20.4 Å². The van der Waals surface area contributed by atoms with E-state index in [1.165, 1.54) is 0 Å². The van der Waals surface area contributed by atoms with E-state index in [0.717, 1.165) is 42.6 Å². The molecule has 0 unspecified atom stereocenters. The third-order valence-electron chi connectivity index (χ3n) is 3.00. The van der Waals surface area contributed by atoms with Gasteiger partial charge < -0.3 is 15.1 Å². The number of anilines is 1. The molecule has 5 heteroatoms. The lowest BCUT2D eigenvalue weighted by molar-refractivity contribution is 0.416. The van der Waals surface area contributed by atoms with Crippen molar-refractivity contribution in [2.75, 3.05) is 45.7 Å². The zero-order chi connectivity index (χ0) is 15.1. The zero-order valence-corrected chi connectivity index (χ0v) is 14.0. The molecule has 0 fully saturated rings. The molecule has 0 saturated carbocycles. The number of rotatable bonds is 8. The Morgan fingerprint density at radius 2 is 1.95 bits per heavy atom. The van der Waals surface area contributed by atoms with Crippen molar-refractivity contribution in [1.82, 2.24) is 15.2 Å². The lowest BCUT2D eigenvalue weighted by atomic mass is 10.2. The summed E-state index contributed by atoms with van der Waals surface area (Å²) in [6, 6.07) is 2.00. The summed E-state index contributed by atoms with van der Waals surface area (Å²) < 4.78 is 0. The summed E-state index contributed by atoms with van der Waals surface area (Å²) in [4.78, 5) is 8.73. The predicted molar refractivity (Wildman–Crippen MR) is 87.6 cm³/mol. The molecule has 0 aliphatic carbocycles. The average Bonchev–Trinajstić information content (AvgIpc) is 2.35. The van der Waals surface area contributed by atoms with Gasteiger partial charge in [0, 0.05) is 32.9 Å². The number of nitrogens with one attached hydrogen (secondary N) is 1. The van der Waals surface area contributed by atoms with E-state index in [1.54, 1.807) is 0 Å². The van der Waals surface area contributed by atoms with Crippen molar-refractivity contribution in [1.29, 1.82) is 0 Å². The first-order valence-corrected chi connectivity index (χ1v) is 7.49. The molecule has 4 nitrogen and oxygen atoms in total. The van der Waals surface area contributed by atoms with Crippen LogP contribution in [0.2, 0.25) is 5.02 Å². The third kappa shape index (κ3) is 6.07. The molecule has 114 valence electrons.